The van der Waals surface area contributed by atoms with Gasteiger partial charge in [0.2, 0.25) is 0 Å². The molecule has 0 bridgehead atoms. The highest BCUT2D eigenvalue weighted by Crippen LogP contribution is 2.23. The van der Waals surface area contributed by atoms with Gasteiger partial charge in [-0.05, 0) is 13.3 Å². The molecule has 0 radical (unpaired) electrons. The second kappa shape index (κ2) is 6.45. The van der Waals surface area contributed by atoms with Gasteiger partial charge in [0.05, 0.1) is 17.0 Å². The van der Waals surface area contributed by atoms with Gasteiger partial charge in [-0.15, -0.1) is 0 Å². The monoisotopic (exact) mass is 335 g/mol. The standard InChI is InChI=1S/C16H22ClN5O/c1-4-5-14-18-13-6-7-22(9-12(13)16(23)19-14)8-11-10(2)20-21(3)15(11)17/h4-9H2,1-3H3,(H,18,19,23). The number of aromatic amines is 1. The maximum Gasteiger partial charge on any atom is 0.255 e. The number of nitrogens with one attached hydrogen (secondary N) is 1. The van der Waals surface area contributed by atoms with Crippen molar-refractivity contribution in [2.75, 3.05) is 6.54 Å². The Morgan fingerprint density at radius 3 is 2.83 bits per heavy atom. The predicted octanol–water partition coefficient (Wildman–Crippen LogP) is 1.98. The summed E-state index contributed by atoms with van der Waals surface area (Å²) in [6, 6.07) is 0. The van der Waals surface area contributed by atoms with Crippen molar-refractivity contribution < 1.29 is 0 Å². The summed E-state index contributed by atoms with van der Waals surface area (Å²) in [4.78, 5) is 22.1. The number of aromatic nitrogens is 4. The molecule has 7 heteroatoms. The van der Waals surface area contributed by atoms with Crippen molar-refractivity contribution in [2.45, 2.75) is 46.2 Å². The first kappa shape index (κ1) is 16.2. The number of rotatable bonds is 4. The molecule has 124 valence electrons. The second-order valence-electron chi connectivity index (χ2n) is 6.13. The molecule has 2 aromatic rings. The summed E-state index contributed by atoms with van der Waals surface area (Å²) in [6.45, 7) is 6.23. The molecule has 3 rings (SSSR count). The summed E-state index contributed by atoms with van der Waals surface area (Å²) < 4.78 is 1.69. The first-order chi connectivity index (χ1) is 11.0. The fourth-order valence-electron chi connectivity index (χ4n) is 3.10. The lowest BCUT2D eigenvalue weighted by molar-refractivity contribution is 0.241. The van der Waals surface area contributed by atoms with E-state index >= 15 is 0 Å². The molecule has 1 aliphatic rings. The summed E-state index contributed by atoms with van der Waals surface area (Å²) >= 11 is 6.31. The third-order valence-corrected chi connectivity index (χ3v) is 4.81. The van der Waals surface area contributed by atoms with Gasteiger partial charge >= 0.3 is 0 Å². The van der Waals surface area contributed by atoms with Crippen molar-refractivity contribution in [3.63, 3.8) is 0 Å². The van der Waals surface area contributed by atoms with Crippen molar-refractivity contribution in [1.29, 1.82) is 0 Å². The molecule has 23 heavy (non-hydrogen) atoms. The van der Waals surface area contributed by atoms with E-state index in [0.29, 0.717) is 18.2 Å². The Morgan fingerprint density at radius 1 is 1.39 bits per heavy atom. The van der Waals surface area contributed by atoms with Gasteiger partial charge in [0, 0.05) is 45.1 Å². The van der Waals surface area contributed by atoms with Crippen LogP contribution in [0.2, 0.25) is 5.15 Å². The van der Waals surface area contributed by atoms with E-state index in [1.165, 1.54) is 0 Å². The summed E-state index contributed by atoms with van der Waals surface area (Å²) in [5.74, 6) is 0.802. The third-order valence-electron chi connectivity index (χ3n) is 4.34. The van der Waals surface area contributed by atoms with Crippen LogP contribution in [0.4, 0.5) is 0 Å². The molecule has 1 aliphatic heterocycles. The fourth-order valence-corrected chi connectivity index (χ4v) is 3.33. The Bertz CT molecular complexity index is 780. The molecule has 3 heterocycles. The van der Waals surface area contributed by atoms with Gasteiger partial charge in [-0.2, -0.15) is 5.10 Å². The van der Waals surface area contributed by atoms with Gasteiger partial charge in [0.25, 0.3) is 5.56 Å². The minimum atomic E-state index is -0.00263. The molecule has 0 saturated carbocycles. The van der Waals surface area contributed by atoms with Crippen molar-refractivity contribution in [1.82, 2.24) is 24.6 Å². The van der Waals surface area contributed by atoms with Crippen molar-refractivity contribution >= 4 is 11.6 Å². The van der Waals surface area contributed by atoms with Crippen LogP contribution in [-0.4, -0.2) is 31.2 Å². The summed E-state index contributed by atoms with van der Waals surface area (Å²) in [6.07, 6.45) is 2.59. The molecule has 6 nitrogen and oxygen atoms in total. The van der Waals surface area contributed by atoms with Gasteiger partial charge in [0.1, 0.15) is 11.0 Å². The molecular formula is C16H22ClN5O. The molecule has 0 spiro atoms. The highest BCUT2D eigenvalue weighted by atomic mass is 35.5. The molecule has 0 aromatic carbocycles. The van der Waals surface area contributed by atoms with Crippen LogP contribution in [0.15, 0.2) is 4.79 Å². The Balaban J connectivity index is 1.82. The van der Waals surface area contributed by atoms with Crippen LogP contribution in [0, 0.1) is 6.92 Å². The number of aryl methyl sites for hydroxylation is 3. The highest BCUT2D eigenvalue weighted by molar-refractivity contribution is 6.30. The lowest BCUT2D eigenvalue weighted by atomic mass is 10.1. The molecule has 0 aliphatic carbocycles. The Labute approximate surface area is 140 Å². The number of fused-ring (bicyclic) bond motifs is 1. The fraction of sp³-hybridized carbons (Fsp3) is 0.562. The molecule has 0 amide bonds. The van der Waals surface area contributed by atoms with Crippen LogP contribution in [0.1, 0.15) is 41.7 Å². The zero-order valence-electron chi connectivity index (χ0n) is 13.8. The molecule has 2 aromatic heterocycles. The van der Waals surface area contributed by atoms with Crippen LogP contribution in [0.3, 0.4) is 0 Å². The normalized spacial score (nSPS) is 15.0. The van der Waals surface area contributed by atoms with Gasteiger partial charge in [-0.25, -0.2) is 4.98 Å². The van der Waals surface area contributed by atoms with E-state index in [0.717, 1.165) is 54.1 Å². The molecule has 0 fully saturated rings. The SMILES string of the molecule is CCCc1nc2c(c(=O)[nH]1)CN(Cc1c(C)nn(C)c1Cl)CC2. The maximum atomic E-state index is 12.3. The smallest absolute Gasteiger partial charge is 0.255 e. The van der Waals surface area contributed by atoms with Crippen LogP contribution >= 0.6 is 11.6 Å². The minimum absolute atomic E-state index is 0.00263. The van der Waals surface area contributed by atoms with Crippen LogP contribution in [0.5, 0.6) is 0 Å². The van der Waals surface area contributed by atoms with Gasteiger partial charge in [0.15, 0.2) is 0 Å². The number of hydrogen-bond donors (Lipinski definition) is 1. The van der Waals surface area contributed by atoms with Crippen LogP contribution in [0.25, 0.3) is 0 Å². The molecule has 0 saturated heterocycles. The van der Waals surface area contributed by atoms with Crippen LogP contribution < -0.4 is 5.56 Å². The summed E-state index contributed by atoms with van der Waals surface area (Å²) in [7, 11) is 1.84. The largest absolute Gasteiger partial charge is 0.310 e. The number of halogens is 1. The zero-order chi connectivity index (χ0) is 16.6. The topological polar surface area (TPSA) is 66.8 Å². The Hall–Kier alpha value is -1.66. The number of H-pyrrole nitrogens is 1. The van der Waals surface area contributed by atoms with Gasteiger partial charge in [-0.3, -0.25) is 14.4 Å². The highest BCUT2D eigenvalue weighted by Gasteiger charge is 2.23. The molecular weight excluding hydrogens is 314 g/mol. The lowest BCUT2D eigenvalue weighted by Crippen LogP contribution is -2.36. The molecule has 0 unspecified atom stereocenters. The number of nitrogens with zero attached hydrogens (tertiary/aromatic N) is 4. The van der Waals surface area contributed by atoms with E-state index < -0.39 is 0 Å². The van der Waals surface area contributed by atoms with E-state index in [1.807, 2.05) is 14.0 Å². The van der Waals surface area contributed by atoms with Crippen molar-refractivity contribution in [2.24, 2.45) is 7.05 Å². The van der Waals surface area contributed by atoms with Gasteiger partial charge in [-0.1, -0.05) is 18.5 Å². The van der Waals surface area contributed by atoms with Crippen molar-refractivity contribution in [3.8, 4) is 0 Å². The van der Waals surface area contributed by atoms with E-state index in [2.05, 4.69) is 26.9 Å². The minimum Gasteiger partial charge on any atom is -0.310 e. The maximum absolute atomic E-state index is 12.3. The van der Waals surface area contributed by atoms with E-state index in [9.17, 15) is 4.79 Å². The predicted molar refractivity (Wildman–Crippen MR) is 89.6 cm³/mol. The zero-order valence-corrected chi connectivity index (χ0v) is 14.6. The van der Waals surface area contributed by atoms with Crippen molar-refractivity contribution in [3.05, 3.63) is 43.8 Å². The lowest BCUT2D eigenvalue weighted by Gasteiger charge is -2.27. The van der Waals surface area contributed by atoms with E-state index in [1.54, 1.807) is 4.68 Å². The van der Waals surface area contributed by atoms with E-state index in [4.69, 9.17) is 11.6 Å². The quantitative estimate of drug-likeness (QED) is 0.927. The van der Waals surface area contributed by atoms with E-state index in [-0.39, 0.29) is 5.56 Å². The summed E-state index contributed by atoms with van der Waals surface area (Å²) in [5, 5.41) is 5.01. The average molecular weight is 336 g/mol. The Kier molecular flexibility index (Phi) is 4.55. The Morgan fingerprint density at radius 2 is 2.17 bits per heavy atom. The molecule has 1 N–H and O–H groups in total. The van der Waals surface area contributed by atoms with Gasteiger partial charge < -0.3 is 4.98 Å². The first-order valence-electron chi connectivity index (χ1n) is 8.00. The van der Waals surface area contributed by atoms with Crippen LogP contribution in [-0.2, 0) is 33.0 Å². The average Bonchev–Trinajstić information content (AvgIpc) is 2.75. The summed E-state index contributed by atoms with van der Waals surface area (Å²) in [5.41, 5.74) is 3.70. The molecule has 0 atom stereocenters. The first-order valence-corrected chi connectivity index (χ1v) is 8.38. The number of hydrogen-bond acceptors (Lipinski definition) is 4. The second-order valence-corrected chi connectivity index (χ2v) is 6.48. The third kappa shape index (κ3) is 3.19.